The normalized spacial score (nSPS) is 16.4. The predicted octanol–water partition coefficient (Wildman–Crippen LogP) is 3.54. The van der Waals surface area contributed by atoms with Gasteiger partial charge in [-0.3, -0.25) is 9.59 Å². The fraction of sp³-hybridized carbons (Fsp3) is 0.150. The Bertz CT molecular complexity index is 920. The van der Waals surface area contributed by atoms with Crippen LogP contribution < -0.4 is 10.6 Å². The number of allylic oxidation sites excluding steroid dienone is 1. The minimum atomic E-state index is -0.386. The van der Waals surface area contributed by atoms with Crippen LogP contribution in [0, 0.1) is 17.1 Å². The number of nitrogens with zero attached hydrogens (tertiary/aromatic N) is 1. The number of nitrogens with one attached hydrogen (secondary N) is 2. The molecule has 2 aromatic rings. The number of hydrogen-bond donors (Lipinski definition) is 2. The summed E-state index contributed by atoms with van der Waals surface area (Å²) < 4.78 is 12.9. The molecule has 5 nitrogen and oxygen atoms in total. The van der Waals surface area contributed by atoms with Gasteiger partial charge in [0.1, 0.15) is 5.82 Å². The third-order valence-corrected chi connectivity index (χ3v) is 5.05. The van der Waals surface area contributed by atoms with E-state index in [1.807, 2.05) is 30.3 Å². The zero-order valence-corrected chi connectivity index (χ0v) is 15.1. The summed E-state index contributed by atoms with van der Waals surface area (Å²) in [7, 11) is 0. The van der Waals surface area contributed by atoms with E-state index < -0.39 is 0 Å². The molecule has 1 atom stereocenters. The van der Waals surface area contributed by atoms with Gasteiger partial charge in [-0.15, -0.1) is 0 Å². The molecule has 7 heteroatoms. The van der Waals surface area contributed by atoms with Crippen LogP contribution in [0.2, 0.25) is 0 Å². The summed E-state index contributed by atoms with van der Waals surface area (Å²) in [5, 5.41) is 15.3. The number of nitriles is 1. The number of rotatable bonds is 5. The average Bonchev–Trinajstić information content (AvgIpc) is 2.68. The van der Waals surface area contributed by atoms with Gasteiger partial charge in [-0.25, -0.2) is 4.39 Å². The number of carbonyl (C=O) groups excluding carboxylic acids is 2. The number of hydrogen-bond acceptors (Lipinski definition) is 4. The second kappa shape index (κ2) is 8.52. The topological polar surface area (TPSA) is 82.0 Å². The van der Waals surface area contributed by atoms with Gasteiger partial charge in [-0.1, -0.05) is 42.1 Å². The van der Waals surface area contributed by atoms with Crippen LogP contribution in [0.5, 0.6) is 0 Å². The highest BCUT2D eigenvalue weighted by Crippen LogP contribution is 2.35. The van der Waals surface area contributed by atoms with Crippen molar-refractivity contribution in [3.05, 3.63) is 76.6 Å². The maximum absolute atomic E-state index is 12.9. The highest BCUT2D eigenvalue weighted by atomic mass is 32.2. The molecule has 0 spiro atoms. The monoisotopic (exact) mass is 381 g/mol. The van der Waals surface area contributed by atoms with Gasteiger partial charge >= 0.3 is 0 Å². The van der Waals surface area contributed by atoms with Crippen molar-refractivity contribution < 1.29 is 14.0 Å². The Hall–Kier alpha value is -3.11. The average molecular weight is 381 g/mol. The molecule has 3 rings (SSSR count). The first-order valence-corrected chi connectivity index (χ1v) is 9.22. The number of amides is 2. The van der Waals surface area contributed by atoms with Gasteiger partial charge in [0, 0.05) is 18.0 Å². The minimum Gasteiger partial charge on any atom is -0.325 e. The molecule has 2 N–H and O–H groups in total. The lowest BCUT2D eigenvalue weighted by Gasteiger charge is -2.25. The largest absolute Gasteiger partial charge is 0.325 e. The molecule has 1 aliphatic rings. The van der Waals surface area contributed by atoms with Crippen molar-refractivity contribution in [2.24, 2.45) is 0 Å². The number of halogens is 1. The maximum Gasteiger partial charge on any atom is 0.234 e. The van der Waals surface area contributed by atoms with Crippen molar-refractivity contribution in [1.82, 2.24) is 5.32 Å². The Morgan fingerprint density at radius 3 is 2.59 bits per heavy atom. The summed E-state index contributed by atoms with van der Waals surface area (Å²) in [6.45, 7) is 0. The SMILES string of the molecule is N#CC1=C(SCC(=O)Nc2ccc(F)cc2)NC(=O)C[C@@H]1c1ccccc1. The van der Waals surface area contributed by atoms with Crippen molar-refractivity contribution in [2.75, 3.05) is 11.1 Å². The van der Waals surface area contributed by atoms with Crippen LogP contribution in [0.25, 0.3) is 0 Å². The molecule has 27 heavy (non-hydrogen) atoms. The molecule has 2 amide bonds. The second-order valence-electron chi connectivity index (χ2n) is 5.91. The van der Waals surface area contributed by atoms with Gasteiger partial charge < -0.3 is 10.6 Å². The van der Waals surface area contributed by atoms with E-state index in [2.05, 4.69) is 16.7 Å². The Kier molecular flexibility index (Phi) is 5.89. The first kappa shape index (κ1) is 18.7. The molecular weight excluding hydrogens is 365 g/mol. The molecule has 0 saturated carbocycles. The molecule has 0 unspecified atom stereocenters. The highest BCUT2D eigenvalue weighted by molar-refractivity contribution is 8.03. The van der Waals surface area contributed by atoms with E-state index in [9.17, 15) is 19.2 Å². The summed E-state index contributed by atoms with van der Waals surface area (Å²) in [5.41, 5.74) is 1.81. The summed E-state index contributed by atoms with van der Waals surface area (Å²) in [5.74, 6) is -1.20. The number of carbonyl (C=O) groups is 2. The quantitative estimate of drug-likeness (QED) is 0.830. The number of benzene rings is 2. The van der Waals surface area contributed by atoms with Crippen molar-refractivity contribution >= 4 is 29.3 Å². The van der Waals surface area contributed by atoms with Crippen molar-refractivity contribution in [3.8, 4) is 6.07 Å². The summed E-state index contributed by atoms with van der Waals surface area (Å²) in [4.78, 5) is 24.2. The molecule has 0 aromatic heterocycles. The van der Waals surface area contributed by atoms with Crippen LogP contribution in [0.3, 0.4) is 0 Å². The lowest BCUT2D eigenvalue weighted by molar-refractivity contribution is -0.121. The molecule has 1 aliphatic heterocycles. The van der Waals surface area contributed by atoms with E-state index in [1.54, 1.807) is 0 Å². The summed E-state index contributed by atoms with van der Waals surface area (Å²) in [6, 6.07) is 17.0. The van der Waals surface area contributed by atoms with Gasteiger partial charge in [0.2, 0.25) is 11.8 Å². The molecule has 1 heterocycles. The molecule has 0 aliphatic carbocycles. The van der Waals surface area contributed by atoms with Crippen molar-refractivity contribution in [2.45, 2.75) is 12.3 Å². The lowest BCUT2D eigenvalue weighted by Crippen LogP contribution is -2.31. The third kappa shape index (κ3) is 4.74. The molecule has 136 valence electrons. The Morgan fingerprint density at radius 2 is 1.93 bits per heavy atom. The molecule has 0 radical (unpaired) electrons. The van der Waals surface area contributed by atoms with E-state index in [0.29, 0.717) is 16.3 Å². The van der Waals surface area contributed by atoms with Crippen LogP contribution in [0.1, 0.15) is 17.9 Å². The minimum absolute atomic E-state index is 0.0136. The van der Waals surface area contributed by atoms with Crippen molar-refractivity contribution in [1.29, 1.82) is 5.26 Å². The Morgan fingerprint density at radius 1 is 1.22 bits per heavy atom. The fourth-order valence-electron chi connectivity index (χ4n) is 2.77. The first-order valence-electron chi connectivity index (χ1n) is 8.24. The van der Waals surface area contributed by atoms with E-state index in [4.69, 9.17) is 0 Å². The van der Waals surface area contributed by atoms with Crippen LogP contribution in [-0.2, 0) is 9.59 Å². The molecule has 0 fully saturated rings. The Labute approximate surface area is 160 Å². The molecular formula is C20H16FN3O2S. The Balaban J connectivity index is 1.72. The highest BCUT2D eigenvalue weighted by Gasteiger charge is 2.29. The number of anilines is 1. The third-order valence-electron chi connectivity index (χ3n) is 4.03. The van der Waals surface area contributed by atoms with E-state index in [-0.39, 0.29) is 35.7 Å². The maximum atomic E-state index is 12.9. The molecule has 0 saturated heterocycles. The van der Waals surface area contributed by atoms with Crippen molar-refractivity contribution in [3.63, 3.8) is 0 Å². The van der Waals surface area contributed by atoms with E-state index in [1.165, 1.54) is 24.3 Å². The zero-order chi connectivity index (χ0) is 19.2. The fourth-order valence-corrected chi connectivity index (χ4v) is 3.65. The van der Waals surface area contributed by atoms with Crippen LogP contribution in [0.15, 0.2) is 65.2 Å². The smallest absolute Gasteiger partial charge is 0.234 e. The lowest BCUT2D eigenvalue weighted by atomic mass is 9.87. The summed E-state index contributed by atoms with van der Waals surface area (Å²) in [6.07, 6.45) is 0.193. The number of thioether (sulfide) groups is 1. The molecule has 0 bridgehead atoms. The summed E-state index contributed by atoms with van der Waals surface area (Å²) >= 11 is 1.10. The van der Waals surface area contributed by atoms with Gasteiger partial charge in [0.05, 0.1) is 22.4 Å². The predicted molar refractivity (Wildman–Crippen MR) is 102 cm³/mol. The molecule has 2 aromatic carbocycles. The van der Waals surface area contributed by atoms with Gasteiger partial charge in [0.25, 0.3) is 0 Å². The van der Waals surface area contributed by atoms with Crippen LogP contribution in [-0.4, -0.2) is 17.6 Å². The first-order chi connectivity index (χ1) is 13.1. The standard InChI is InChI=1S/C20H16FN3O2S/c21-14-6-8-15(9-7-14)23-19(26)12-27-20-17(11-22)16(10-18(25)24-20)13-4-2-1-3-5-13/h1-9,16H,10,12H2,(H,23,26)(H,24,25)/t16-/m1/s1. The van der Waals surface area contributed by atoms with Crippen LogP contribution >= 0.6 is 11.8 Å². The van der Waals surface area contributed by atoms with Crippen LogP contribution in [0.4, 0.5) is 10.1 Å². The second-order valence-corrected chi connectivity index (χ2v) is 6.90. The van der Waals surface area contributed by atoms with Gasteiger partial charge in [-0.05, 0) is 29.8 Å². The van der Waals surface area contributed by atoms with E-state index >= 15 is 0 Å². The van der Waals surface area contributed by atoms with E-state index in [0.717, 1.165) is 17.3 Å². The van der Waals surface area contributed by atoms with Gasteiger partial charge in [0.15, 0.2) is 0 Å². The van der Waals surface area contributed by atoms with Gasteiger partial charge in [-0.2, -0.15) is 5.26 Å². The zero-order valence-electron chi connectivity index (χ0n) is 14.2.